The molecule has 0 radical (unpaired) electrons. The average molecular weight is 443 g/mol. The third-order valence-corrected chi connectivity index (χ3v) is 6.28. The summed E-state index contributed by atoms with van der Waals surface area (Å²) in [4.78, 5) is 33.3. The minimum Gasteiger partial charge on any atom is -0.341 e. The average Bonchev–Trinajstić information content (AvgIpc) is 3.38. The third-order valence-electron chi connectivity index (χ3n) is 6.28. The first-order valence-electron chi connectivity index (χ1n) is 11.1. The van der Waals surface area contributed by atoms with Crippen LogP contribution in [0.5, 0.6) is 0 Å². The standard InChI is InChI=1S/C25H26N6O2/c1-16(13-18-5-4-9-26-17(18)2)24(32)27-22-15-23-30(11-12-31(23)28-22)20-6-7-21-19(14-20)8-10-29(3)25(21)33/h4-7,9,13-15H,8,10-12H2,1-3H3,(H,27,28,32)/b16-13+. The summed E-state index contributed by atoms with van der Waals surface area (Å²) in [6, 6.07) is 11.7. The lowest BCUT2D eigenvalue weighted by Crippen LogP contribution is -2.34. The molecule has 2 aliphatic heterocycles. The van der Waals surface area contributed by atoms with Gasteiger partial charge in [0.25, 0.3) is 11.8 Å². The molecule has 33 heavy (non-hydrogen) atoms. The molecule has 0 aliphatic carbocycles. The second kappa shape index (κ2) is 8.20. The summed E-state index contributed by atoms with van der Waals surface area (Å²) in [6.45, 7) is 5.95. The van der Waals surface area contributed by atoms with Gasteiger partial charge in [0, 0.05) is 54.9 Å². The molecule has 0 unspecified atom stereocenters. The number of nitrogens with one attached hydrogen (secondary N) is 1. The van der Waals surface area contributed by atoms with Crippen LogP contribution in [0.1, 0.15) is 34.1 Å². The second-order valence-corrected chi connectivity index (χ2v) is 8.54. The van der Waals surface area contributed by atoms with E-state index in [0.717, 1.165) is 59.9 Å². The highest BCUT2D eigenvalue weighted by molar-refractivity contribution is 6.06. The predicted molar refractivity (Wildman–Crippen MR) is 128 cm³/mol. The quantitative estimate of drug-likeness (QED) is 0.626. The lowest BCUT2D eigenvalue weighted by Gasteiger charge is -2.26. The van der Waals surface area contributed by atoms with Crippen LogP contribution in [0.4, 0.5) is 17.3 Å². The number of anilines is 3. The summed E-state index contributed by atoms with van der Waals surface area (Å²) in [5.74, 6) is 1.32. The summed E-state index contributed by atoms with van der Waals surface area (Å²) >= 11 is 0. The smallest absolute Gasteiger partial charge is 0.253 e. The van der Waals surface area contributed by atoms with Gasteiger partial charge in [-0.15, -0.1) is 0 Å². The van der Waals surface area contributed by atoms with Crippen molar-refractivity contribution in [1.82, 2.24) is 19.7 Å². The van der Waals surface area contributed by atoms with Crippen LogP contribution in [0.2, 0.25) is 0 Å². The Morgan fingerprint density at radius 2 is 2.00 bits per heavy atom. The Bertz CT molecular complexity index is 1290. The van der Waals surface area contributed by atoms with Crippen molar-refractivity contribution >= 4 is 35.2 Å². The van der Waals surface area contributed by atoms with E-state index in [4.69, 9.17) is 0 Å². The zero-order valence-corrected chi connectivity index (χ0v) is 19.0. The minimum atomic E-state index is -0.196. The van der Waals surface area contributed by atoms with Crippen molar-refractivity contribution in [3.63, 3.8) is 0 Å². The Morgan fingerprint density at radius 1 is 1.15 bits per heavy atom. The van der Waals surface area contributed by atoms with E-state index in [0.29, 0.717) is 11.4 Å². The second-order valence-electron chi connectivity index (χ2n) is 8.54. The van der Waals surface area contributed by atoms with Gasteiger partial charge in [-0.1, -0.05) is 6.07 Å². The SMILES string of the molecule is C/C(=C\c1cccnc1C)C(=O)Nc1cc2n(n1)CCN2c1ccc2c(c1)CCN(C)C2=O. The molecule has 168 valence electrons. The Hall–Kier alpha value is -3.94. The van der Waals surface area contributed by atoms with E-state index < -0.39 is 0 Å². The molecular formula is C25H26N6O2. The highest BCUT2D eigenvalue weighted by Crippen LogP contribution is 2.34. The number of benzene rings is 1. The highest BCUT2D eigenvalue weighted by Gasteiger charge is 2.26. The topological polar surface area (TPSA) is 83.4 Å². The van der Waals surface area contributed by atoms with Crippen molar-refractivity contribution in [2.45, 2.75) is 26.8 Å². The van der Waals surface area contributed by atoms with Crippen LogP contribution in [-0.2, 0) is 17.8 Å². The van der Waals surface area contributed by atoms with Gasteiger partial charge >= 0.3 is 0 Å². The van der Waals surface area contributed by atoms with Crippen LogP contribution in [-0.4, -0.2) is 51.6 Å². The normalized spacial score (nSPS) is 15.5. The van der Waals surface area contributed by atoms with E-state index >= 15 is 0 Å². The van der Waals surface area contributed by atoms with E-state index in [9.17, 15) is 9.59 Å². The van der Waals surface area contributed by atoms with Crippen LogP contribution in [0, 0.1) is 6.92 Å². The summed E-state index contributed by atoms with van der Waals surface area (Å²) < 4.78 is 1.90. The summed E-state index contributed by atoms with van der Waals surface area (Å²) in [6.07, 6.45) is 4.42. The van der Waals surface area contributed by atoms with Crippen molar-refractivity contribution in [3.8, 4) is 0 Å². The molecule has 5 rings (SSSR count). The fraction of sp³-hybridized carbons (Fsp3) is 0.280. The molecule has 2 aromatic heterocycles. The first-order chi connectivity index (χ1) is 15.9. The molecule has 2 aliphatic rings. The largest absolute Gasteiger partial charge is 0.341 e. The zero-order chi connectivity index (χ0) is 23.1. The Kier molecular flexibility index (Phi) is 5.20. The van der Waals surface area contributed by atoms with Gasteiger partial charge in [-0.2, -0.15) is 5.10 Å². The molecule has 0 fully saturated rings. The number of fused-ring (bicyclic) bond motifs is 2. The van der Waals surface area contributed by atoms with Crippen molar-refractivity contribution < 1.29 is 9.59 Å². The molecular weight excluding hydrogens is 416 g/mol. The Balaban J connectivity index is 1.34. The number of amides is 2. The Morgan fingerprint density at radius 3 is 2.82 bits per heavy atom. The molecule has 8 heteroatoms. The number of aromatic nitrogens is 3. The van der Waals surface area contributed by atoms with Gasteiger partial charge in [-0.25, -0.2) is 4.68 Å². The number of hydrogen-bond donors (Lipinski definition) is 1. The number of aryl methyl sites for hydroxylation is 1. The number of nitrogens with zero attached hydrogens (tertiary/aromatic N) is 5. The molecule has 0 saturated heterocycles. The van der Waals surface area contributed by atoms with Crippen LogP contribution < -0.4 is 10.2 Å². The molecule has 3 aromatic rings. The highest BCUT2D eigenvalue weighted by atomic mass is 16.2. The lowest BCUT2D eigenvalue weighted by atomic mass is 9.98. The van der Waals surface area contributed by atoms with Crippen molar-refractivity contribution in [1.29, 1.82) is 0 Å². The first-order valence-corrected chi connectivity index (χ1v) is 11.1. The van der Waals surface area contributed by atoms with Crippen LogP contribution in [0.15, 0.2) is 48.2 Å². The minimum absolute atomic E-state index is 0.0733. The Labute approximate surface area is 192 Å². The van der Waals surface area contributed by atoms with Crippen molar-refractivity contribution in [2.24, 2.45) is 0 Å². The van der Waals surface area contributed by atoms with E-state index in [1.165, 1.54) is 0 Å². The van der Waals surface area contributed by atoms with Gasteiger partial charge in [0.05, 0.1) is 6.54 Å². The fourth-order valence-corrected chi connectivity index (χ4v) is 4.34. The molecule has 1 aromatic carbocycles. The first kappa shape index (κ1) is 20.9. The monoisotopic (exact) mass is 442 g/mol. The van der Waals surface area contributed by atoms with E-state index in [2.05, 4.69) is 26.4 Å². The maximum Gasteiger partial charge on any atom is 0.253 e. The fourth-order valence-electron chi connectivity index (χ4n) is 4.34. The number of rotatable bonds is 4. The van der Waals surface area contributed by atoms with Gasteiger partial charge in [0.1, 0.15) is 5.82 Å². The van der Waals surface area contributed by atoms with Gasteiger partial charge in [-0.3, -0.25) is 14.6 Å². The number of carbonyl (C=O) groups is 2. The van der Waals surface area contributed by atoms with E-state index in [1.54, 1.807) is 18.0 Å². The number of pyridine rings is 1. The molecule has 0 spiro atoms. The molecule has 2 amide bonds. The lowest BCUT2D eigenvalue weighted by molar-refractivity contribution is -0.112. The van der Waals surface area contributed by atoms with Gasteiger partial charge in [0.15, 0.2) is 5.82 Å². The zero-order valence-electron chi connectivity index (χ0n) is 19.0. The number of carbonyl (C=O) groups excluding carboxylic acids is 2. The molecule has 0 saturated carbocycles. The number of hydrogen-bond acceptors (Lipinski definition) is 5. The van der Waals surface area contributed by atoms with Gasteiger partial charge < -0.3 is 15.1 Å². The molecule has 4 heterocycles. The predicted octanol–water partition coefficient (Wildman–Crippen LogP) is 3.41. The molecule has 0 atom stereocenters. The summed E-state index contributed by atoms with van der Waals surface area (Å²) in [5.41, 5.74) is 5.26. The molecule has 1 N–H and O–H groups in total. The van der Waals surface area contributed by atoms with Crippen LogP contribution in [0.3, 0.4) is 0 Å². The summed E-state index contributed by atoms with van der Waals surface area (Å²) in [7, 11) is 1.84. The van der Waals surface area contributed by atoms with Crippen LogP contribution >= 0.6 is 0 Å². The number of likely N-dealkylation sites (N-methyl/N-ethyl adjacent to an activating group) is 1. The van der Waals surface area contributed by atoms with E-state index in [1.807, 2.05) is 55.1 Å². The van der Waals surface area contributed by atoms with Crippen LogP contribution in [0.25, 0.3) is 6.08 Å². The summed E-state index contributed by atoms with van der Waals surface area (Å²) in [5, 5.41) is 7.47. The maximum absolute atomic E-state index is 12.7. The van der Waals surface area contributed by atoms with Gasteiger partial charge in [-0.05, 0) is 61.7 Å². The molecule has 0 bridgehead atoms. The maximum atomic E-state index is 12.7. The van der Waals surface area contributed by atoms with Crippen molar-refractivity contribution in [2.75, 3.05) is 30.4 Å². The van der Waals surface area contributed by atoms with Crippen molar-refractivity contribution in [3.05, 3.63) is 70.6 Å². The van der Waals surface area contributed by atoms with Gasteiger partial charge in [0.2, 0.25) is 0 Å². The third kappa shape index (κ3) is 3.88. The van der Waals surface area contributed by atoms with E-state index in [-0.39, 0.29) is 11.8 Å². The molecule has 8 nitrogen and oxygen atoms in total.